The van der Waals surface area contributed by atoms with Gasteiger partial charge in [0.2, 0.25) is 0 Å². The minimum absolute atomic E-state index is 0.177. The number of carbonyl (C=O) groups is 2. The third-order valence-corrected chi connectivity index (χ3v) is 6.38. The minimum atomic E-state index is -0.489. The van der Waals surface area contributed by atoms with Crippen LogP contribution < -0.4 is 10.1 Å². The Labute approximate surface area is 217 Å². The number of benzene rings is 3. The first kappa shape index (κ1) is 24.9. The molecule has 1 atom stereocenters. The van der Waals surface area contributed by atoms with Crippen molar-refractivity contribution in [2.24, 2.45) is 7.05 Å². The van der Waals surface area contributed by atoms with E-state index in [1.54, 1.807) is 48.5 Å². The highest BCUT2D eigenvalue weighted by atomic mass is 19.1. The quantitative estimate of drug-likeness (QED) is 0.235. The Morgan fingerprint density at radius 1 is 1.08 bits per heavy atom. The van der Waals surface area contributed by atoms with Crippen molar-refractivity contribution in [3.8, 4) is 5.75 Å². The molecule has 10 heteroatoms. The zero-order valence-electron chi connectivity index (χ0n) is 21.1. The van der Waals surface area contributed by atoms with E-state index in [0.717, 1.165) is 22.4 Å². The summed E-state index contributed by atoms with van der Waals surface area (Å²) in [4.78, 5) is 37.2. The van der Waals surface area contributed by atoms with Crippen LogP contribution in [0.25, 0.3) is 22.1 Å². The number of halogens is 1. The van der Waals surface area contributed by atoms with Gasteiger partial charge < -0.3 is 24.3 Å². The van der Waals surface area contributed by atoms with Crippen molar-refractivity contribution < 1.29 is 23.5 Å². The summed E-state index contributed by atoms with van der Waals surface area (Å²) in [5, 5.41) is 2.84. The molecule has 0 spiro atoms. The number of aromatic amines is 1. The predicted octanol–water partition coefficient (Wildman–Crippen LogP) is 4.34. The van der Waals surface area contributed by atoms with Crippen LogP contribution in [0.3, 0.4) is 0 Å². The molecule has 5 rings (SSSR count). The Hall–Kier alpha value is -4.73. The van der Waals surface area contributed by atoms with Crippen LogP contribution in [0.5, 0.6) is 5.75 Å². The summed E-state index contributed by atoms with van der Waals surface area (Å²) in [6.45, 7) is 2.39. The summed E-state index contributed by atoms with van der Waals surface area (Å²) < 4.78 is 26.0. The van der Waals surface area contributed by atoms with E-state index >= 15 is 0 Å². The van der Waals surface area contributed by atoms with Crippen molar-refractivity contribution in [3.05, 3.63) is 89.3 Å². The monoisotopic (exact) mass is 515 g/mol. The summed E-state index contributed by atoms with van der Waals surface area (Å²) in [7, 11) is 3.20. The topological polar surface area (TPSA) is 111 Å². The van der Waals surface area contributed by atoms with Crippen LogP contribution in [-0.4, -0.2) is 51.7 Å². The molecule has 2 N–H and O–H groups in total. The number of nitrogens with zero attached hydrogens (tertiary/aromatic N) is 3. The number of para-hydroxylation sites is 1. The van der Waals surface area contributed by atoms with Crippen molar-refractivity contribution in [2.45, 2.75) is 12.8 Å². The molecule has 5 aromatic rings. The van der Waals surface area contributed by atoms with Gasteiger partial charge in [-0.3, -0.25) is 4.79 Å². The van der Waals surface area contributed by atoms with Gasteiger partial charge in [0.05, 0.1) is 41.6 Å². The first-order valence-electron chi connectivity index (χ1n) is 12.1. The molecule has 194 valence electrons. The second-order valence-corrected chi connectivity index (χ2v) is 8.83. The molecule has 3 aromatic carbocycles. The maximum Gasteiger partial charge on any atom is 0.341 e. The predicted molar refractivity (Wildman–Crippen MR) is 140 cm³/mol. The normalized spacial score (nSPS) is 12.0. The van der Waals surface area contributed by atoms with Gasteiger partial charge in [0, 0.05) is 18.7 Å². The molecule has 2 aromatic heterocycles. The lowest BCUT2D eigenvalue weighted by molar-refractivity contribution is 0.0595. The van der Waals surface area contributed by atoms with Gasteiger partial charge in [-0.25, -0.2) is 19.2 Å². The fourth-order valence-corrected chi connectivity index (χ4v) is 4.36. The second kappa shape index (κ2) is 10.3. The average Bonchev–Trinajstić information content (AvgIpc) is 3.50. The molecule has 38 heavy (non-hydrogen) atoms. The molecule has 0 radical (unpaired) electrons. The molecule has 1 unspecified atom stereocenters. The number of esters is 1. The molecular weight excluding hydrogens is 489 g/mol. The third-order valence-electron chi connectivity index (χ3n) is 6.38. The number of aromatic nitrogens is 4. The number of H-pyrrole nitrogens is 1. The maximum absolute atomic E-state index is 13.6. The number of methoxy groups -OCH3 is 1. The molecule has 1 amide bonds. The van der Waals surface area contributed by atoms with E-state index in [1.165, 1.54) is 19.2 Å². The number of aryl methyl sites for hydroxylation is 1. The van der Waals surface area contributed by atoms with Crippen LogP contribution in [0.15, 0.2) is 60.7 Å². The molecular formula is C28H26FN5O4. The molecule has 0 aliphatic heterocycles. The Bertz CT molecular complexity index is 1660. The van der Waals surface area contributed by atoms with Gasteiger partial charge >= 0.3 is 5.97 Å². The smallest absolute Gasteiger partial charge is 0.341 e. The lowest BCUT2D eigenvalue weighted by Crippen LogP contribution is -2.28. The Balaban J connectivity index is 1.27. The van der Waals surface area contributed by atoms with Gasteiger partial charge in [0.25, 0.3) is 5.91 Å². The van der Waals surface area contributed by atoms with Crippen LogP contribution in [0.1, 0.15) is 45.2 Å². The number of ether oxygens (including phenoxy) is 2. The summed E-state index contributed by atoms with van der Waals surface area (Å²) in [6, 6.07) is 16.5. The molecule has 0 bridgehead atoms. The largest absolute Gasteiger partial charge is 0.491 e. The minimum Gasteiger partial charge on any atom is -0.491 e. The van der Waals surface area contributed by atoms with E-state index in [-0.39, 0.29) is 30.8 Å². The summed E-state index contributed by atoms with van der Waals surface area (Å²) >= 11 is 0. The molecule has 9 nitrogen and oxygen atoms in total. The number of rotatable bonds is 8. The number of carbonyl (C=O) groups excluding carboxylic acids is 2. The van der Waals surface area contributed by atoms with Gasteiger partial charge in [0.1, 0.15) is 35.4 Å². The SMILES string of the molecule is COC(=O)c1ccccc1OCCNC(=O)c1ccc2nc(C(C)c3nc4cc(F)ccc4[nH]3)n(C)c2c1. The second-order valence-electron chi connectivity index (χ2n) is 8.83. The Morgan fingerprint density at radius 3 is 2.71 bits per heavy atom. The number of hydrogen-bond donors (Lipinski definition) is 2. The maximum atomic E-state index is 13.6. The lowest BCUT2D eigenvalue weighted by atomic mass is 10.1. The molecule has 0 aliphatic rings. The van der Waals surface area contributed by atoms with Gasteiger partial charge in [0.15, 0.2) is 0 Å². The summed E-state index contributed by atoms with van der Waals surface area (Å²) in [5.41, 5.74) is 3.66. The van der Waals surface area contributed by atoms with Crippen LogP contribution in [0.4, 0.5) is 4.39 Å². The fraction of sp³-hybridized carbons (Fsp3) is 0.214. The average molecular weight is 516 g/mol. The highest BCUT2D eigenvalue weighted by molar-refractivity contribution is 5.97. The first-order valence-corrected chi connectivity index (χ1v) is 12.1. The van der Waals surface area contributed by atoms with Crippen molar-refractivity contribution >= 4 is 33.9 Å². The number of hydrogen-bond acceptors (Lipinski definition) is 6. The van der Waals surface area contributed by atoms with E-state index in [9.17, 15) is 14.0 Å². The van der Waals surface area contributed by atoms with Crippen molar-refractivity contribution in [3.63, 3.8) is 0 Å². The number of amides is 1. The van der Waals surface area contributed by atoms with E-state index in [2.05, 4.69) is 15.3 Å². The summed E-state index contributed by atoms with van der Waals surface area (Å²) in [6.07, 6.45) is 0. The van der Waals surface area contributed by atoms with Crippen LogP contribution >= 0.6 is 0 Å². The zero-order chi connectivity index (χ0) is 26.8. The summed E-state index contributed by atoms with van der Waals surface area (Å²) in [5.74, 6) is 0.551. The molecule has 0 fully saturated rings. The van der Waals surface area contributed by atoms with E-state index in [1.807, 2.05) is 18.5 Å². The Kier molecular flexibility index (Phi) is 6.78. The van der Waals surface area contributed by atoms with E-state index in [4.69, 9.17) is 14.5 Å². The highest BCUT2D eigenvalue weighted by Gasteiger charge is 2.21. The van der Waals surface area contributed by atoms with Crippen molar-refractivity contribution in [2.75, 3.05) is 20.3 Å². The van der Waals surface area contributed by atoms with Gasteiger partial charge in [-0.2, -0.15) is 0 Å². The van der Waals surface area contributed by atoms with Crippen molar-refractivity contribution in [1.82, 2.24) is 24.8 Å². The van der Waals surface area contributed by atoms with Crippen LogP contribution in [-0.2, 0) is 11.8 Å². The standard InChI is InChI=1S/C28H26FN5O4/c1-16(25-31-20-11-9-18(29)15-22(20)32-25)26-33-21-10-8-17(14-23(21)34(26)2)27(35)30-12-13-38-24-7-5-4-6-19(24)28(36)37-3/h4-11,14-16H,12-13H2,1-3H3,(H,30,35)(H,31,32). The third kappa shape index (κ3) is 4.80. The molecule has 0 saturated heterocycles. The fourth-order valence-electron chi connectivity index (χ4n) is 4.36. The van der Waals surface area contributed by atoms with Crippen molar-refractivity contribution in [1.29, 1.82) is 0 Å². The van der Waals surface area contributed by atoms with Gasteiger partial charge in [-0.15, -0.1) is 0 Å². The number of fused-ring (bicyclic) bond motifs is 2. The first-order chi connectivity index (χ1) is 18.4. The number of imidazole rings is 2. The van der Waals surface area contributed by atoms with E-state index < -0.39 is 5.97 Å². The highest BCUT2D eigenvalue weighted by Crippen LogP contribution is 2.27. The van der Waals surface area contributed by atoms with E-state index in [0.29, 0.717) is 28.2 Å². The number of nitrogens with one attached hydrogen (secondary N) is 2. The van der Waals surface area contributed by atoms with Gasteiger partial charge in [-0.1, -0.05) is 12.1 Å². The van der Waals surface area contributed by atoms with Gasteiger partial charge in [-0.05, 0) is 49.4 Å². The lowest BCUT2D eigenvalue weighted by Gasteiger charge is -2.11. The molecule has 0 saturated carbocycles. The molecule has 0 aliphatic carbocycles. The zero-order valence-corrected chi connectivity index (χ0v) is 21.1. The van der Waals surface area contributed by atoms with Crippen LogP contribution in [0, 0.1) is 5.82 Å². The Morgan fingerprint density at radius 2 is 1.89 bits per heavy atom. The molecule has 2 heterocycles. The van der Waals surface area contributed by atoms with Crippen LogP contribution in [0.2, 0.25) is 0 Å².